The van der Waals surface area contributed by atoms with Crippen molar-refractivity contribution in [1.82, 2.24) is 4.90 Å². The first-order valence-electron chi connectivity index (χ1n) is 8.26. The fourth-order valence-corrected chi connectivity index (χ4v) is 3.58. The molecule has 2 heterocycles. The van der Waals surface area contributed by atoms with Crippen LogP contribution in [-0.4, -0.2) is 39.6 Å². The van der Waals surface area contributed by atoms with Crippen molar-refractivity contribution in [2.24, 2.45) is 0 Å². The van der Waals surface area contributed by atoms with Crippen molar-refractivity contribution in [3.63, 3.8) is 0 Å². The van der Waals surface area contributed by atoms with Gasteiger partial charge >= 0.3 is 6.09 Å². The van der Waals surface area contributed by atoms with Crippen LogP contribution in [0.2, 0.25) is 0 Å². The molecule has 24 heavy (non-hydrogen) atoms. The van der Waals surface area contributed by atoms with Crippen molar-refractivity contribution < 1.29 is 14.5 Å². The van der Waals surface area contributed by atoms with Gasteiger partial charge in [0, 0.05) is 24.2 Å². The molecule has 2 atom stereocenters. The van der Waals surface area contributed by atoms with Crippen LogP contribution >= 0.6 is 0 Å². The summed E-state index contributed by atoms with van der Waals surface area (Å²) >= 11 is 0. The van der Waals surface area contributed by atoms with E-state index in [9.17, 15) is 14.9 Å². The van der Waals surface area contributed by atoms with Gasteiger partial charge in [0.2, 0.25) is 0 Å². The van der Waals surface area contributed by atoms with E-state index >= 15 is 0 Å². The number of rotatable bonds is 3. The molecule has 3 fully saturated rings. The van der Waals surface area contributed by atoms with Crippen LogP contribution in [-0.2, 0) is 4.74 Å². The maximum absolute atomic E-state index is 12.3. The van der Waals surface area contributed by atoms with Gasteiger partial charge in [-0.1, -0.05) is 12.1 Å². The van der Waals surface area contributed by atoms with Gasteiger partial charge in [0.25, 0.3) is 5.69 Å². The van der Waals surface area contributed by atoms with Crippen molar-refractivity contribution in [3.05, 3.63) is 34.4 Å². The van der Waals surface area contributed by atoms with Gasteiger partial charge in [-0.05, 0) is 46.1 Å². The van der Waals surface area contributed by atoms with E-state index in [4.69, 9.17) is 4.74 Å². The van der Waals surface area contributed by atoms with E-state index in [1.807, 2.05) is 25.7 Å². The second kappa shape index (κ2) is 5.96. The highest BCUT2D eigenvalue weighted by molar-refractivity contribution is 5.70. The monoisotopic (exact) mass is 333 g/mol. The van der Waals surface area contributed by atoms with E-state index in [1.165, 1.54) is 6.07 Å². The molecule has 1 saturated carbocycles. The van der Waals surface area contributed by atoms with Gasteiger partial charge in [-0.15, -0.1) is 0 Å². The first-order valence-corrected chi connectivity index (χ1v) is 8.26. The number of carbonyl (C=O) groups is 1. The van der Waals surface area contributed by atoms with Gasteiger partial charge in [-0.2, -0.15) is 0 Å². The van der Waals surface area contributed by atoms with Crippen LogP contribution in [0, 0.1) is 10.1 Å². The molecule has 1 aliphatic carbocycles. The van der Waals surface area contributed by atoms with E-state index in [2.05, 4.69) is 5.32 Å². The number of anilines is 1. The van der Waals surface area contributed by atoms with E-state index in [0.717, 1.165) is 19.3 Å². The number of hydrogen-bond donors (Lipinski definition) is 1. The molecule has 2 aliphatic heterocycles. The van der Waals surface area contributed by atoms with Crippen LogP contribution in [0.1, 0.15) is 40.0 Å². The normalized spacial score (nSPS) is 25.6. The van der Waals surface area contributed by atoms with Crippen LogP contribution in [0.15, 0.2) is 24.3 Å². The second-order valence-electron chi connectivity index (χ2n) is 7.52. The minimum absolute atomic E-state index is 0.0840. The zero-order chi connectivity index (χ0) is 17.5. The van der Waals surface area contributed by atoms with Gasteiger partial charge in [0.05, 0.1) is 4.92 Å². The standard InChI is InChI=1S/C17H23N3O4/c1-17(2,3)24-16(21)19-12-8-11(9-13(19)10-12)18-14-6-4-5-7-15(14)20(22)23/h4-7,11-13,18H,8-10H2,1-3H3. The van der Waals surface area contributed by atoms with Crippen molar-refractivity contribution >= 4 is 17.5 Å². The highest BCUT2D eigenvalue weighted by Crippen LogP contribution is 2.40. The summed E-state index contributed by atoms with van der Waals surface area (Å²) in [5, 5.41) is 14.4. The Morgan fingerprint density at radius 3 is 2.46 bits per heavy atom. The van der Waals surface area contributed by atoms with Gasteiger partial charge in [-0.25, -0.2) is 4.79 Å². The number of nitro benzene ring substituents is 1. The molecule has 4 rings (SSSR count). The number of ether oxygens (including phenoxy) is 1. The molecule has 3 aliphatic rings. The highest BCUT2D eigenvalue weighted by Gasteiger charge is 2.49. The molecule has 1 aromatic rings. The quantitative estimate of drug-likeness (QED) is 0.675. The topological polar surface area (TPSA) is 84.7 Å². The predicted octanol–water partition coefficient (Wildman–Crippen LogP) is 3.55. The first kappa shape index (κ1) is 16.5. The Bertz CT molecular complexity index is 643. The Hall–Kier alpha value is -2.31. The molecular formula is C17H23N3O4. The van der Waals surface area contributed by atoms with E-state index in [0.29, 0.717) is 5.69 Å². The summed E-state index contributed by atoms with van der Waals surface area (Å²) in [6.45, 7) is 5.58. The number of nitrogens with zero attached hydrogens (tertiary/aromatic N) is 2. The molecular weight excluding hydrogens is 310 g/mol. The van der Waals surface area contributed by atoms with Crippen LogP contribution < -0.4 is 5.32 Å². The lowest BCUT2D eigenvalue weighted by atomic mass is 9.77. The number of carbonyl (C=O) groups excluding carboxylic acids is 1. The maximum atomic E-state index is 12.3. The summed E-state index contributed by atoms with van der Waals surface area (Å²) in [6, 6.07) is 7.10. The molecule has 7 nitrogen and oxygen atoms in total. The molecule has 130 valence electrons. The summed E-state index contributed by atoms with van der Waals surface area (Å²) in [6.07, 6.45) is 2.28. The SMILES string of the molecule is CC(C)(C)OC(=O)N1C2CC(Nc3ccccc3[N+](=O)[O-])CC1C2. The fraction of sp³-hybridized carbons (Fsp3) is 0.588. The number of hydrogen-bond acceptors (Lipinski definition) is 5. The lowest BCUT2D eigenvalue weighted by Gasteiger charge is -2.54. The van der Waals surface area contributed by atoms with Crippen molar-refractivity contribution in [2.75, 3.05) is 5.32 Å². The van der Waals surface area contributed by atoms with Crippen molar-refractivity contribution in [3.8, 4) is 0 Å². The lowest BCUT2D eigenvalue weighted by Crippen LogP contribution is -2.65. The number of para-hydroxylation sites is 2. The zero-order valence-corrected chi connectivity index (χ0v) is 14.2. The van der Waals surface area contributed by atoms with E-state index < -0.39 is 5.60 Å². The Labute approximate surface area is 141 Å². The van der Waals surface area contributed by atoms with Gasteiger partial charge in [-0.3, -0.25) is 10.1 Å². The van der Waals surface area contributed by atoms with Gasteiger partial charge in [0.1, 0.15) is 11.3 Å². The summed E-state index contributed by atoms with van der Waals surface area (Å²) in [5.74, 6) is 0. The Kier molecular flexibility index (Phi) is 4.11. The Balaban J connectivity index is 1.62. The second-order valence-corrected chi connectivity index (χ2v) is 7.52. The van der Waals surface area contributed by atoms with Crippen LogP contribution in [0.4, 0.5) is 16.2 Å². The average molecular weight is 333 g/mol. The molecule has 1 amide bonds. The van der Waals surface area contributed by atoms with Gasteiger partial charge in [0.15, 0.2) is 0 Å². The number of fused-ring (bicyclic) bond motifs is 2. The van der Waals surface area contributed by atoms with Crippen molar-refractivity contribution in [2.45, 2.75) is 63.8 Å². The fourth-order valence-electron chi connectivity index (χ4n) is 3.58. The molecule has 1 aromatic carbocycles. The third-order valence-corrected chi connectivity index (χ3v) is 4.51. The molecule has 2 bridgehead atoms. The number of nitrogens with one attached hydrogen (secondary N) is 1. The lowest BCUT2D eigenvalue weighted by molar-refractivity contribution is -0.384. The molecule has 0 spiro atoms. The molecule has 2 unspecified atom stereocenters. The third kappa shape index (κ3) is 3.29. The van der Waals surface area contributed by atoms with Crippen LogP contribution in [0.3, 0.4) is 0 Å². The number of amides is 1. The van der Waals surface area contributed by atoms with E-state index in [1.54, 1.807) is 18.2 Å². The molecule has 1 N–H and O–H groups in total. The summed E-state index contributed by atoms with van der Waals surface area (Å²) < 4.78 is 5.46. The first-order chi connectivity index (χ1) is 11.2. The van der Waals surface area contributed by atoms with Crippen molar-refractivity contribution in [1.29, 1.82) is 0 Å². The Morgan fingerprint density at radius 1 is 1.25 bits per heavy atom. The smallest absolute Gasteiger partial charge is 0.410 e. The third-order valence-electron chi connectivity index (χ3n) is 4.51. The minimum Gasteiger partial charge on any atom is -0.444 e. The largest absolute Gasteiger partial charge is 0.444 e. The summed E-state index contributed by atoms with van der Waals surface area (Å²) in [7, 11) is 0. The van der Waals surface area contributed by atoms with Gasteiger partial charge < -0.3 is 15.0 Å². The van der Waals surface area contributed by atoms with E-state index in [-0.39, 0.29) is 34.8 Å². The molecule has 7 heteroatoms. The number of piperidine rings is 1. The predicted molar refractivity (Wildman–Crippen MR) is 90.0 cm³/mol. The number of nitro groups is 1. The zero-order valence-electron chi connectivity index (χ0n) is 14.2. The molecule has 0 radical (unpaired) electrons. The minimum atomic E-state index is -0.497. The molecule has 2 saturated heterocycles. The number of benzene rings is 1. The highest BCUT2D eigenvalue weighted by atomic mass is 16.6. The van der Waals surface area contributed by atoms with Crippen LogP contribution in [0.5, 0.6) is 0 Å². The Morgan fingerprint density at radius 2 is 1.88 bits per heavy atom. The average Bonchev–Trinajstić information content (AvgIpc) is 2.45. The molecule has 0 aromatic heterocycles. The summed E-state index contributed by atoms with van der Waals surface area (Å²) in [5.41, 5.74) is 0.127. The maximum Gasteiger partial charge on any atom is 0.410 e. The van der Waals surface area contributed by atoms with Crippen LogP contribution in [0.25, 0.3) is 0 Å². The summed E-state index contributed by atoms with van der Waals surface area (Å²) in [4.78, 5) is 24.8.